The van der Waals surface area contributed by atoms with Crippen molar-refractivity contribution in [2.75, 3.05) is 5.32 Å². The van der Waals surface area contributed by atoms with E-state index in [0.29, 0.717) is 0 Å². The number of nitrogens with zero attached hydrogens (tertiary/aromatic N) is 1. The molecule has 0 amide bonds. The number of nitrogens with one attached hydrogen (secondary N) is 1. The van der Waals surface area contributed by atoms with Crippen molar-refractivity contribution in [3.8, 4) is 0 Å². The van der Waals surface area contributed by atoms with Crippen LogP contribution in [0, 0.1) is 17.4 Å². The monoisotopic (exact) mass is 338 g/mol. The van der Waals surface area contributed by atoms with Crippen LogP contribution < -0.4 is 5.32 Å². The molecule has 2 nitrogen and oxygen atoms in total. The van der Waals surface area contributed by atoms with E-state index in [1.54, 1.807) is 0 Å². The van der Waals surface area contributed by atoms with E-state index < -0.39 is 0 Å². The highest BCUT2D eigenvalue weighted by atomic mass is 127. The highest BCUT2D eigenvalue weighted by molar-refractivity contribution is 14.1. The zero-order valence-corrected chi connectivity index (χ0v) is 12.2. The number of benzene rings is 1. The van der Waals surface area contributed by atoms with Crippen molar-refractivity contribution in [3.05, 3.63) is 56.9 Å². The fourth-order valence-electron chi connectivity index (χ4n) is 1.61. The largest absolute Gasteiger partial charge is 0.379 e. The molecule has 2 rings (SSSR count). The van der Waals surface area contributed by atoms with Gasteiger partial charge in [-0.1, -0.05) is 6.07 Å². The molecule has 2 aromatic rings. The molecule has 0 aliphatic rings. The lowest BCUT2D eigenvalue weighted by Crippen LogP contribution is -2.02. The maximum absolute atomic E-state index is 4.38. The zero-order chi connectivity index (χ0) is 12.3. The Hall–Kier alpha value is -1.10. The minimum Gasteiger partial charge on any atom is -0.379 e. The first-order valence-corrected chi connectivity index (χ1v) is 6.64. The van der Waals surface area contributed by atoms with Gasteiger partial charge in [0.1, 0.15) is 0 Å². The lowest BCUT2D eigenvalue weighted by atomic mass is 10.2. The van der Waals surface area contributed by atoms with Crippen molar-refractivity contribution in [1.29, 1.82) is 0 Å². The Kier molecular flexibility index (Phi) is 3.99. The van der Waals surface area contributed by atoms with Crippen LogP contribution in [-0.4, -0.2) is 4.98 Å². The second kappa shape index (κ2) is 5.49. The number of aryl methyl sites for hydroxylation is 2. The molecular weight excluding hydrogens is 323 g/mol. The van der Waals surface area contributed by atoms with Gasteiger partial charge in [-0.05, 0) is 71.8 Å². The molecule has 0 saturated carbocycles. The number of aromatic nitrogens is 1. The summed E-state index contributed by atoms with van der Waals surface area (Å²) < 4.78 is 1.26. The summed E-state index contributed by atoms with van der Waals surface area (Å²) >= 11 is 2.33. The number of hydrogen-bond donors (Lipinski definition) is 1. The fraction of sp³-hybridized carbons (Fsp3) is 0.214. The van der Waals surface area contributed by atoms with Gasteiger partial charge >= 0.3 is 0 Å². The summed E-state index contributed by atoms with van der Waals surface area (Å²) in [6, 6.07) is 10.5. The molecule has 0 fully saturated rings. The zero-order valence-electron chi connectivity index (χ0n) is 10.00. The minimum atomic E-state index is 0.766. The lowest BCUT2D eigenvalue weighted by Gasteiger charge is -2.09. The summed E-state index contributed by atoms with van der Waals surface area (Å²) in [6.45, 7) is 4.93. The normalized spacial score (nSPS) is 10.3. The molecule has 17 heavy (non-hydrogen) atoms. The summed E-state index contributed by atoms with van der Waals surface area (Å²) in [7, 11) is 0. The van der Waals surface area contributed by atoms with Crippen molar-refractivity contribution >= 4 is 28.3 Å². The standard InChI is InChI=1S/C14H15IN2/c1-10-3-5-13(16-8-10)9-17-14-6-4-12(15)7-11(14)2/h3-8,17H,9H2,1-2H3. The SMILES string of the molecule is Cc1ccc(CNc2ccc(I)cc2C)nc1. The third-order valence-corrected chi connectivity index (χ3v) is 3.29. The van der Waals surface area contributed by atoms with Gasteiger partial charge in [-0.15, -0.1) is 0 Å². The van der Waals surface area contributed by atoms with Gasteiger partial charge in [-0.2, -0.15) is 0 Å². The van der Waals surface area contributed by atoms with Crippen LogP contribution in [0.3, 0.4) is 0 Å². The number of halogens is 1. The molecule has 1 N–H and O–H groups in total. The molecular formula is C14H15IN2. The second-order valence-electron chi connectivity index (χ2n) is 4.14. The van der Waals surface area contributed by atoms with Gasteiger partial charge in [0.15, 0.2) is 0 Å². The molecule has 0 radical (unpaired) electrons. The van der Waals surface area contributed by atoms with Crippen LogP contribution in [0.15, 0.2) is 36.5 Å². The van der Waals surface area contributed by atoms with E-state index in [9.17, 15) is 0 Å². The third kappa shape index (κ3) is 3.43. The topological polar surface area (TPSA) is 24.9 Å². The molecule has 0 atom stereocenters. The van der Waals surface area contributed by atoms with E-state index in [4.69, 9.17) is 0 Å². The van der Waals surface area contributed by atoms with Gasteiger partial charge in [0.2, 0.25) is 0 Å². The molecule has 3 heteroatoms. The van der Waals surface area contributed by atoms with Gasteiger partial charge in [0.25, 0.3) is 0 Å². The van der Waals surface area contributed by atoms with Gasteiger partial charge in [-0.25, -0.2) is 0 Å². The lowest BCUT2D eigenvalue weighted by molar-refractivity contribution is 1.03. The summed E-state index contributed by atoms with van der Waals surface area (Å²) in [5.41, 5.74) is 4.70. The van der Waals surface area contributed by atoms with Gasteiger partial charge in [-0.3, -0.25) is 4.98 Å². The van der Waals surface area contributed by atoms with E-state index >= 15 is 0 Å². The van der Waals surface area contributed by atoms with E-state index in [1.165, 1.54) is 20.4 Å². The van der Waals surface area contributed by atoms with Gasteiger partial charge in [0.05, 0.1) is 12.2 Å². The smallest absolute Gasteiger partial charge is 0.0594 e. The van der Waals surface area contributed by atoms with Crippen LogP contribution in [-0.2, 0) is 6.54 Å². The quantitative estimate of drug-likeness (QED) is 0.859. The number of anilines is 1. The number of pyridine rings is 1. The average molecular weight is 338 g/mol. The molecule has 1 aromatic heterocycles. The van der Waals surface area contributed by atoms with E-state index in [0.717, 1.165) is 12.2 Å². The Bertz CT molecular complexity index is 506. The van der Waals surface area contributed by atoms with Gasteiger partial charge in [0, 0.05) is 15.5 Å². The maximum atomic E-state index is 4.38. The molecule has 1 aromatic carbocycles. The van der Waals surface area contributed by atoms with E-state index in [2.05, 4.69) is 70.1 Å². The van der Waals surface area contributed by atoms with Crippen molar-refractivity contribution in [1.82, 2.24) is 4.98 Å². The predicted octanol–water partition coefficient (Wildman–Crippen LogP) is 3.92. The third-order valence-electron chi connectivity index (χ3n) is 2.62. The maximum Gasteiger partial charge on any atom is 0.0594 e. The highest BCUT2D eigenvalue weighted by Gasteiger charge is 1.99. The summed E-state index contributed by atoms with van der Waals surface area (Å²) in [5, 5.41) is 3.41. The van der Waals surface area contributed by atoms with Crippen LogP contribution in [0.1, 0.15) is 16.8 Å². The molecule has 0 unspecified atom stereocenters. The van der Waals surface area contributed by atoms with Crippen molar-refractivity contribution < 1.29 is 0 Å². The highest BCUT2D eigenvalue weighted by Crippen LogP contribution is 2.18. The van der Waals surface area contributed by atoms with E-state index in [-0.39, 0.29) is 0 Å². The molecule has 0 bridgehead atoms. The number of rotatable bonds is 3. The van der Waals surface area contributed by atoms with Crippen LogP contribution in [0.2, 0.25) is 0 Å². The molecule has 1 heterocycles. The molecule has 0 saturated heterocycles. The second-order valence-corrected chi connectivity index (χ2v) is 5.39. The van der Waals surface area contributed by atoms with E-state index in [1.807, 2.05) is 13.1 Å². The molecule has 0 aliphatic carbocycles. The Balaban J connectivity index is 2.04. The van der Waals surface area contributed by atoms with Crippen LogP contribution in [0.4, 0.5) is 5.69 Å². The van der Waals surface area contributed by atoms with Crippen molar-refractivity contribution in [2.24, 2.45) is 0 Å². The average Bonchev–Trinajstić information content (AvgIpc) is 2.30. The summed E-state index contributed by atoms with van der Waals surface area (Å²) in [6.07, 6.45) is 1.90. The summed E-state index contributed by atoms with van der Waals surface area (Å²) in [4.78, 5) is 4.38. The van der Waals surface area contributed by atoms with Crippen LogP contribution in [0.5, 0.6) is 0 Å². The Morgan fingerprint density at radius 3 is 2.65 bits per heavy atom. The molecule has 88 valence electrons. The first-order valence-electron chi connectivity index (χ1n) is 5.57. The fourth-order valence-corrected chi connectivity index (χ4v) is 2.26. The predicted molar refractivity (Wildman–Crippen MR) is 80.2 cm³/mol. The Morgan fingerprint density at radius 2 is 2.00 bits per heavy atom. The Labute approximate surface area is 116 Å². The molecule has 0 aliphatic heterocycles. The minimum absolute atomic E-state index is 0.766. The van der Waals surface area contributed by atoms with Crippen molar-refractivity contribution in [2.45, 2.75) is 20.4 Å². The summed E-state index contributed by atoms with van der Waals surface area (Å²) in [5.74, 6) is 0. The number of hydrogen-bond acceptors (Lipinski definition) is 2. The Morgan fingerprint density at radius 1 is 1.18 bits per heavy atom. The van der Waals surface area contributed by atoms with Crippen LogP contribution in [0.25, 0.3) is 0 Å². The van der Waals surface area contributed by atoms with Crippen molar-refractivity contribution in [3.63, 3.8) is 0 Å². The first kappa shape index (κ1) is 12.4. The van der Waals surface area contributed by atoms with Gasteiger partial charge < -0.3 is 5.32 Å². The van der Waals surface area contributed by atoms with Crippen LogP contribution >= 0.6 is 22.6 Å². The first-order chi connectivity index (χ1) is 8.15. The molecule has 0 spiro atoms.